The summed E-state index contributed by atoms with van der Waals surface area (Å²) in [5.74, 6) is 0.207. The number of hydrogen-bond acceptors (Lipinski definition) is 3. The first kappa shape index (κ1) is 12.4. The van der Waals surface area contributed by atoms with Crippen molar-refractivity contribution in [1.29, 1.82) is 0 Å². The van der Waals surface area contributed by atoms with E-state index in [4.69, 9.17) is 0 Å². The molecule has 0 aromatic heterocycles. The van der Waals surface area contributed by atoms with E-state index in [-0.39, 0.29) is 5.78 Å². The molecule has 1 aromatic carbocycles. The van der Waals surface area contributed by atoms with Crippen LogP contribution in [0.1, 0.15) is 29.6 Å². The second-order valence-electron chi connectivity index (χ2n) is 3.83. The SMILES string of the molecule is CN(C)/N=C/CCCC(=O)c1ccccc1. The minimum atomic E-state index is 0.207. The maximum absolute atomic E-state index is 11.7. The molecular formula is C13H18N2O. The van der Waals surface area contributed by atoms with E-state index in [1.54, 1.807) is 5.01 Å². The Kier molecular flexibility index (Phi) is 5.26. The normalized spacial score (nSPS) is 10.6. The molecule has 1 rings (SSSR count). The van der Waals surface area contributed by atoms with Gasteiger partial charge in [-0.25, -0.2) is 0 Å². The van der Waals surface area contributed by atoms with Gasteiger partial charge in [-0.15, -0.1) is 0 Å². The van der Waals surface area contributed by atoms with Crippen molar-refractivity contribution in [2.75, 3.05) is 14.1 Å². The van der Waals surface area contributed by atoms with Gasteiger partial charge in [0.05, 0.1) is 0 Å². The van der Waals surface area contributed by atoms with Crippen LogP contribution >= 0.6 is 0 Å². The van der Waals surface area contributed by atoms with E-state index in [9.17, 15) is 4.79 Å². The quantitative estimate of drug-likeness (QED) is 0.318. The summed E-state index contributed by atoms with van der Waals surface area (Å²) in [7, 11) is 3.76. The van der Waals surface area contributed by atoms with Crippen LogP contribution in [-0.4, -0.2) is 31.1 Å². The molecule has 3 nitrogen and oxygen atoms in total. The molecule has 0 bridgehead atoms. The Labute approximate surface area is 96.8 Å². The minimum Gasteiger partial charge on any atom is -0.303 e. The fraction of sp³-hybridized carbons (Fsp3) is 0.385. The molecule has 0 atom stereocenters. The highest BCUT2D eigenvalue weighted by Gasteiger charge is 2.03. The van der Waals surface area contributed by atoms with E-state index in [1.165, 1.54) is 0 Å². The molecule has 0 spiro atoms. The summed E-state index contributed by atoms with van der Waals surface area (Å²) in [6.07, 6.45) is 4.13. The molecule has 0 heterocycles. The van der Waals surface area contributed by atoms with Gasteiger partial charge in [-0.3, -0.25) is 4.79 Å². The molecule has 0 amide bonds. The van der Waals surface area contributed by atoms with Crippen molar-refractivity contribution >= 4 is 12.0 Å². The van der Waals surface area contributed by atoms with Crippen LogP contribution in [0.5, 0.6) is 0 Å². The average Bonchev–Trinajstić information content (AvgIpc) is 2.29. The van der Waals surface area contributed by atoms with Crippen molar-refractivity contribution < 1.29 is 4.79 Å². The van der Waals surface area contributed by atoms with Crippen molar-refractivity contribution in [3.05, 3.63) is 35.9 Å². The zero-order valence-corrected chi connectivity index (χ0v) is 9.89. The predicted molar refractivity (Wildman–Crippen MR) is 66.8 cm³/mol. The van der Waals surface area contributed by atoms with Gasteiger partial charge in [-0.1, -0.05) is 30.3 Å². The number of benzene rings is 1. The van der Waals surface area contributed by atoms with Crippen LogP contribution in [0, 0.1) is 0 Å². The van der Waals surface area contributed by atoms with E-state index in [1.807, 2.05) is 50.6 Å². The Bertz CT molecular complexity index is 344. The van der Waals surface area contributed by atoms with Gasteiger partial charge < -0.3 is 5.01 Å². The van der Waals surface area contributed by atoms with Crippen LogP contribution in [0.2, 0.25) is 0 Å². The summed E-state index contributed by atoms with van der Waals surface area (Å²) < 4.78 is 0. The maximum atomic E-state index is 11.7. The summed E-state index contributed by atoms with van der Waals surface area (Å²) in [6.45, 7) is 0. The van der Waals surface area contributed by atoms with Gasteiger partial charge >= 0.3 is 0 Å². The lowest BCUT2D eigenvalue weighted by atomic mass is 10.1. The Hall–Kier alpha value is -1.64. The predicted octanol–water partition coefficient (Wildman–Crippen LogP) is 2.59. The van der Waals surface area contributed by atoms with Crippen molar-refractivity contribution in [2.45, 2.75) is 19.3 Å². The number of rotatable bonds is 6. The third kappa shape index (κ3) is 4.73. The lowest BCUT2D eigenvalue weighted by Crippen LogP contribution is -2.02. The zero-order valence-electron chi connectivity index (χ0n) is 9.89. The number of unbranched alkanes of at least 4 members (excludes halogenated alkanes) is 1. The summed E-state index contributed by atoms with van der Waals surface area (Å²) in [6, 6.07) is 9.41. The molecule has 0 aliphatic rings. The first-order chi connectivity index (χ1) is 7.70. The molecule has 0 N–H and O–H groups in total. The van der Waals surface area contributed by atoms with Gasteiger partial charge in [-0.05, 0) is 12.8 Å². The summed E-state index contributed by atoms with van der Waals surface area (Å²) in [5, 5.41) is 5.84. The lowest BCUT2D eigenvalue weighted by Gasteiger charge is -2.02. The number of nitrogens with zero attached hydrogens (tertiary/aromatic N) is 2. The van der Waals surface area contributed by atoms with E-state index in [0.29, 0.717) is 6.42 Å². The number of carbonyl (C=O) groups excluding carboxylic acids is 1. The van der Waals surface area contributed by atoms with Crippen LogP contribution < -0.4 is 0 Å². The van der Waals surface area contributed by atoms with Gasteiger partial charge in [0, 0.05) is 32.3 Å². The molecule has 0 aliphatic carbocycles. The second-order valence-corrected chi connectivity index (χ2v) is 3.83. The monoisotopic (exact) mass is 218 g/mol. The molecule has 0 saturated carbocycles. The Morgan fingerprint density at radius 2 is 2.00 bits per heavy atom. The number of hydrogen-bond donors (Lipinski definition) is 0. The molecule has 0 radical (unpaired) electrons. The highest BCUT2D eigenvalue weighted by molar-refractivity contribution is 5.96. The van der Waals surface area contributed by atoms with E-state index in [2.05, 4.69) is 5.10 Å². The third-order valence-corrected chi connectivity index (χ3v) is 2.15. The van der Waals surface area contributed by atoms with E-state index in [0.717, 1.165) is 18.4 Å². The molecule has 86 valence electrons. The fourth-order valence-corrected chi connectivity index (χ4v) is 1.34. The Balaban J connectivity index is 2.26. The van der Waals surface area contributed by atoms with Gasteiger partial charge in [0.1, 0.15) is 0 Å². The van der Waals surface area contributed by atoms with E-state index >= 15 is 0 Å². The molecule has 16 heavy (non-hydrogen) atoms. The van der Waals surface area contributed by atoms with Gasteiger partial charge in [0.2, 0.25) is 0 Å². The fourth-order valence-electron chi connectivity index (χ4n) is 1.34. The number of Topliss-reactive ketones (excluding diaryl/α,β-unsaturated/α-hetero) is 1. The highest BCUT2D eigenvalue weighted by Crippen LogP contribution is 2.05. The molecule has 1 aromatic rings. The Morgan fingerprint density at radius 3 is 2.62 bits per heavy atom. The molecule has 0 fully saturated rings. The molecule has 3 heteroatoms. The van der Waals surface area contributed by atoms with Crippen LogP contribution in [0.3, 0.4) is 0 Å². The minimum absolute atomic E-state index is 0.207. The number of ketones is 1. The molecule has 0 aliphatic heterocycles. The topological polar surface area (TPSA) is 32.7 Å². The third-order valence-electron chi connectivity index (χ3n) is 2.15. The van der Waals surface area contributed by atoms with Crippen molar-refractivity contribution in [3.8, 4) is 0 Å². The van der Waals surface area contributed by atoms with Crippen molar-refractivity contribution in [3.63, 3.8) is 0 Å². The summed E-state index contributed by atoms with van der Waals surface area (Å²) in [4.78, 5) is 11.7. The van der Waals surface area contributed by atoms with Crippen LogP contribution in [0.25, 0.3) is 0 Å². The highest BCUT2D eigenvalue weighted by atomic mass is 16.1. The maximum Gasteiger partial charge on any atom is 0.162 e. The average molecular weight is 218 g/mol. The van der Waals surface area contributed by atoms with Crippen LogP contribution in [0.15, 0.2) is 35.4 Å². The smallest absolute Gasteiger partial charge is 0.162 e. The van der Waals surface area contributed by atoms with Crippen LogP contribution in [-0.2, 0) is 0 Å². The van der Waals surface area contributed by atoms with Gasteiger partial charge in [0.25, 0.3) is 0 Å². The standard InChI is InChI=1S/C13H18N2O/c1-15(2)14-11-7-6-10-13(16)12-8-4-3-5-9-12/h3-5,8-9,11H,6-7,10H2,1-2H3/b14-11+. The largest absolute Gasteiger partial charge is 0.303 e. The first-order valence-corrected chi connectivity index (χ1v) is 5.48. The summed E-state index contributed by atoms with van der Waals surface area (Å²) >= 11 is 0. The van der Waals surface area contributed by atoms with Gasteiger partial charge in [-0.2, -0.15) is 5.10 Å². The summed E-state index contributed by atoms with van der Waals surface area (Å²) in [5.41, 5.74) is 0.798. The first-order valence-electron chi connectivity index (χ1n) is 5.48. The second kappa shape index (κ2) is 6.77. The van der Waals surface area contributed by atoms with Gasteiger partial charge in [0.15, 0.2) is 5.78 Å². The molecular weight excluding hydrogens is 200 g/mol. The zero-order chi connectivity index (χ0) is 11.8. The van der Waals surface area contributed by atoms with Crippen molar-refractivity contribution in [2.24, 2.45) is 5.10 Å². The molecule has 0 unspecified atom stereocenters. The number of hydrazone groups is 1. The van der Waals surface area contributed by atoms with Crippen molar-refractivity contribution in [1.82, 2.24) is 5.01 Å². The van der Waals surface area contributed by atoms with E-state index < -0.39 is 0 Å². The van der Waals surface area contributed by atoms with Crippen LogP contribution in [0.4, 0.5) is 0 Å². The lowest BCUT2D eigenvalue weighted by molar-refractivity contribution is 0.0981. The molecule has 0 saturated heterocycles. The number of carbonyl (C=O) groups is 1. The Morgan fingerprint density at radius 1 is 1.31 bits per heavy atom.